The highest BCUT2D eigenvalue weighted by molar-refractivity contribution is 6.02. The van der Waals surface area contributed by atoms with Gasteiger partial charge < -0.3 is 14.5 Å². The summed E-state index contributed by atoms with van der Waals surface area (Å²) in [6.07, 6.45) is 2.93. The molecule has 0 atom stereocenters. The second-order valence-corrected chi connectivity index (χ2v) is 5.58. The number of nitrogens with zero attached hydrogens (tertiary/aromatic N) is 1. The number of hydrazone groups is 1. The molecule has 138 valence electrons. The van der Waals surface area contributed by atoms with Gasteiger partial charge in [0.1, 0.15) is 5.75 Å². The highest BCUT2D eigenvalue weighted by atomic mass is 16.5. The SMILES string of the molecule is CCOc1ccc2ccccc2c1/C=N\NC(=O)CNC(=O)c1ccco1. The number of hydrogen-bond donors (Lipinski definition) is 2. The summed E-state index contributed by atoms with van der Waals surface area (Å²) < 4.78 is 10.6. The summed E-state index contributed by atoms with van der Waals surface area (Å²) in [5.41, 5.74) is 3.17. The first-order valence-electron chi connectivity index (χ1n) is 8.47. The van der Waals surface area contributed by atoms with E-state index in [1.165, 1.54) is 12.3 Å². The van der Waals surface area contributed by atoms with Crippen molar-refractivity contribution >= 4 is 28.8 Å². The second kappa shape index (κ2) is 8.66. The Bertz CT molecular complexity index is 965. The third-order valence-corrected chi connectivity index (χ3v) is 3.77. The molecular weight excluding hydrogens is 346 g/mol. The number of nitrogens with one attached hydrogen (secondary N) is 2. The highest BCUT2D eigenvalue weighted by Gasteiger charge is 2.10. The van der Waals surface area contributed by atoms with E-state index in [9.17, 15) is 9.59 Å². The fourth-order valence-electron chi connectivity index (χ4n) is 2.55. The van der Waals surface area contributed by atoms with Crippen LogP contribution in [0.1, 0.15) is 23.0 Å². The molecule has 0 aliphatic rings. The van der Waals surface area contributed by atoms with Gasteiger partial charge in [0, 0.05) is 5.56 Å². The average Bonchev–Trinajstić information content (AvgIpc) is 3.22. The van der Waals surface area contributed by atoms with Crippen LogP contribution < -0.4 is 15.5 Å². The van der Waals surface area contributed by atoms with Gasteiger partial charge in [-0.1, -0.05) is 30.3 Å². The van der Waals surface area contributed by atoms with Gasteiger partial charge in [0.25, 0.3) is 11.8 Å². The minimum atomic E-state index is -0.466. The molecule has 0 unspecified atom stereocenters. The molecule has 0 fully saturated rings. The molecule has 0 saturated carbocycles. The molecule has 0 aliphatic carbocycles. The number of fused-ring (bicyclic) bond motifs is 1. The molecule has 3 rings (SSSR count). The van der Waals surface area contributed by atoms with Gasteiger partial charge >= 0.3 is 0 Å². The standard InChI is InChI=1S/C20H19N3O4/c1-2-26-17-10-9-14-6-3-4-7-15(14)16(17)12-22-23-19(24)13-21-20(25)18-8-5-11-27-18/h3-12H,2,13H2,1H3,(H,21,25)(H,23,24)/b22-12-. The van der Waals surface area contributed by atoms with Gasteiger partial charge in [0.15, 0.2) is 5.76 Å². The number of amides is 2. The van der Waals surface area contributed by atoms with Crippen LogP contribution in [0.2, 0.25) is 0 Å². The molecule has 0 aliphatic heterocycles. The molecule has 0 radical (unpaired) electrons. The number of ether oxygens (including phenoxy) is 1. The lowest BCUT2D eigenvalue weighted by molar-refractivity contribution is -0.120. The van der Waals surface area contributed by atoms with Crippen LogP contribution in [0.3, 0.4) is 0 Å². The van der Waals surface area contributed by atoms with Crippen molar-refractivity contribution in [3.63, 3.8) is 0 Å². The lowest BCUT2D eigenvalue weighted by Crippen LogP contribution is -2.34. The highest BCUT2D eigenvalue weighted by Crippen LogP contribution is 2.26. The van der Waals surface area contributed by atoms with E-state index in [0.29, 0.717) is 12.4 Å². The van der Waals surface area contributed by atoms with Crippen molar-refractivity contribution < 1.29 is 18.7 Å². The monoisotopic (exact) mass is 365 g/mol. The zero-order valence-corrected chi connectivity index (χ0v) is 14.8. The van der Waals surface area contributed by atoms with Crippen molar-refractivity contribution in [2.24, 2.45) is 5.10 Å². The van der Waals surface area contributed by atoms with Gasteiger partial charge in [0.2, 0.25) is 0 Å². The predicted molar refractivity (Wildman–Crippen MR) is 102 cm³/mol. The van der Waals surface area contributed by atoms with Crippen molar-refractivity contribution in [1.29, 1.82) is 0 Å². The first-order valence-corrected chi connectivity index (χ1v) is 8.47. The Morgan fingerprint density at radius 1 is 1.15 bits per heavy atom. The van der Waals surface area contributed by atoms with Gasteiger partial charge in [-0.3, -0.25) is 9.59 Å². The average molecular weight is 365 g/mol. The van der Waals surface area contributed by atoms with Crippen LogP contribution in [0.15, 0.2) is 64.3 Å². The zero-order valence-electron chi connectivity index (χ0n) is 14.8. The van der Waals surface area contributed by atoms with Gasteiger partial charge in [-0.15, -0.1) is 0 Å². The molecule has 1 aromatic heterocycles. The van der Waals surface area contributed by atoms with E-state index in [2.05, 4.69) is 15.8 Å². The van der Waals surface area contributed by atoms with Gasteiger partial charge in [-0.05, 0) is 35.9 Å². The molecule has 0 spiro atoms. The minimum Gasteiger partial charge on any atom is -0.493 e. The van der Waals surface area contributed by atoms with E-state index in [-0.39, 0.29) is 12.3 Å². The van der Waals surface area contributed by atoms with E-state index in [4.69, 9.17) is 9.15 Å². The Balaban J connectivity index is 1.66. The molecule has 0 saturated heterocycles. The molecule has 2 aromatic carbocycles. The third-order valence-electron chi connectivity index (χ3n) is 3.77. The summed E-state index contributed by atoms with van der Waals surface area (Å²) in [4.78, 5) is 23.6. The van der Waals surface area contributed by atoms with E-state index in [1.807, 2.05) is 43.3 Å². The molecule has 2 amide bonds. The van der Waals surface area contributed by atoms with Crippen molar-refractivity contribution in [2.45, 2.75) is 6.92 Å². The molecule has 1 heterocycles. The van der Waals surface area contributed by atoms with E-state index >= 15 is 0 Å². The van der Waals surface area contributed by atoms with E-state index in [1.54, 1.807) is 12.3 Å². The minimum absolute atomic E-state index is 0.142. The van der Waals surface area contributed by atoms with Crippen LogP contribution in [-0.4, -0.2) is 31.2 Å². The Morgan fingerprint density at radius 3 is 2.78 bits per heavy atom. The van der Waals surface area contributed by atoms with Crippen LogP contribution in [0, 0.1) is 0 Å². The molecule has 7 nitrogen and oxygen atoms in total. The van der Waals surface area contributed by atoms with Crippen molar-refractivity contribution in [1.82, 2.24) is 10.7 Å². The molecule has 27 heavy (non-hydrogen) atoms. The number of carbonyl (C=O) groups is 2. The molecule has 7 heteroatoms. The summed E-state index contributed by atoms with van der Waals surface area (Å²) >= 11 is 0. The van der Waals surface area contributed by atoms with Gasteiger partial charge in [0.05, 0.1) is 25.6 Å². The summed E-state index contributed by atoms with van der Waals surface area (Å²) in [7, 11) is 0. The van der Waals surface area contributed by atoms with E-state index < -0.39 is 11.8 Å². The lowest BCUT2D eigenvalue weighted by Gasteiger charge is -2.10. The normalized spacial score (nSPS) is 10.9. The van der Waals surface area contributed by atoms with Crippen LogP contribution >= 0.6 is 0 Å². The zero-order chi connectivity index (χ0) is 19.1. The maximum atomic E-state index is 11.9. The fourth-order valence-corrected chi connectivity index (χ4v) is 2.55. The van der Waals surface area contributed by atoms with Gasteiger partial charge in [-0.2, -0.15) is 5.10 Å². The largest absolute Gasteiger partial charge is 0.493 e. The molecule has 3 aromatic rings. The topological polar surface area (TPSA) is 92.9 Å². The number of rotatable bonds is 7. The Morgan fingerprint density at radius 2 is 2.00 bits per heavy atom. The number of benzene rings is 2. The summed E-state index contributed by atoms with van der Waals surface area (Å²) in [5, 5.41) is 8.45. The van der Waals surface area contributed by atoms with Gasteiger partial charge in [-0.25, -0.2) is 5.43 Å². The van der Waals surface area contributed by atoms with Crippen molar-refractivity contribution in [3.8, 4) is 5.75 Å². The Kier molecular flexibility index (Phi) is 5.84. The Labute approximate surface area is 156 Å². The quantitative estimate of drug-likeness (QED) is 0.497. The fraction of sp³-hybridized carbons (Fsp3) is 0.150. The summed E-state index contributed by atoms with van der Waals surface area (Å²) in [5.74, 6) is -0.0973. The summed E-state index contributed by atoms with van der Waals surface area (Å²) in [6.45, 7) is 2.20. The van der Waals surface area contributed by atoms with Crippen LogP contribution in [0.4, 0.5) is 0 Å². The third kappa shape index (κ3) is 4.52. The predicted octanol–water partition coefficient (Wildman–Crippen LogP) is 2.71. The second-order valence-electron chi connectivity index (χ2n) is 5.58. The maximum absolute atomic E-state index is 11.9. The Hall–Kier alpha value is -3.61. The molecule has 0 bridgehead atoms. The smallest absolute Gasteiger partial charge is 0.287 e. The van der Waals surface area contributed by atoms with E-state index in [0.717, 1.165) is 16.3 Å². The number of furan rings is 1. The van der Waals surface area contributed by atoms with Crippen LogP contribution in [0.5, 0.6) is 5.75 Å². The van der Waals surface area contributed by atoms with Crippen LogP contribution in [0.25, 0.3) is 10.8 Å². The molecular formula is C20H19N3O4. The number of hydrogen-bond acceptors (Lipinski definition) is 5. The lowest BCUT2D eigenvalue weighted by atomic mass is 10.0. The summed E-state index contributed by atoms with van der Waals surface area (Å²) in [6, 6.07) is 14.8. The first kappa shape index (κ1) is 18.2. The maximum Gasteiger partial charge on any atom is 0.287 e. The first-order chi connectivity index (χ1) is 13.2. The number of carbonyl (C=O) groups excluding carboxylic acids is 2. The van der Waals surface area contributed by atoms with Crippen molar-refractivity contribution in [2.75, 3.05) is 13.2 Å². The van der Waals surface area contributed by atoms with Crippen LogP contribution in [-0.2, 0) is 4.79 Å². The van der Waals surface area contributed by atoms with Crippen molar-refractivity contribution in [3.05, 3.63) is 66.1 Å². The molecule has 2 N–H and O–H groups in total.